The van der Waals surface area contributed by atoms with Crippen molar-refractivity contribution in [3.63, 3.8) is 0 Å². The van der Waals surface area contributed by atoms with Crippen LogP contribution in [0, 0.1) is 18.6 Å². The van der Waals surface area contributed by atoms with Gasteiger partial charge in [0, 0.05) is 29.6 Å². The molecule has 0 bridgehead atoms. The lowest BCUT2D eigenvalue weighted by Crippen LogP contribution is -2.39. The number of hydrogen-bond acceptors (Lipinski definition) is 5. The van der Waals surface area contributed by atoms with Crippen molar-refractivity contribution in [2.75, 3.05) is 11.1 Å². The second-order valence-electron chi connectivity index (χ2n) is 8.38. The Bertz CT molecular complexity index is 1240. The van der Waals surface area contributed by atoms with Crippen LogP contribution in [0.2, 0.25) is 0 Å². The number of aliphatic hydroxyl groups excluding tert-OH is 1. The van der Waals surface area contributed by atoms with Crippen molar-refractivity contribution < 1.29 is 23.5 Å². The van der Waals surface area contributed by atoms with Crippen molar-refractivity contribution in [1.82, 2.24) is 10.3 Å². The highest BCUT2D eigenvalue weighted by Crippen LogP contribution is 2.29. The number of carbonyl (C=O) groups excluding carboxylic acids is 2. The van der Waals surface area contributed by atoms with Gasteiger partial charge in [-0.1, -0.05) is 6.07 Å². The zero-order chi connectivity index (χ0) is 24.4. The normalized spacial score (nSPS) is 14.2. The predicted octanol–water partition coefficient (Wildman–Crippen LogP) is 3.87. The van der Waals surface area contributed by atoms with Gasteiger partial charge in [-0.15, -0.1) is 0 Å². The molecule has 1 atom stereocenters. The fourth-order valence-corrected chi connectivity index (χ4v) is 3.78. The van der Waals surface area contributed by atoms with Crippen molar-refractivity contribution in [2.24, 2.45) is 0 Å². The maximum Gasteiger partial charge on any atom is 0.257 e. The number of anilines is 2. The standard InChI is InChI=1S/C25H24F2N4O3/c1-13-7-19(31-25(34)22(32)14-8-16(26)11-17(27)9-14)5-6-20(13)15-10-21(23(28)29-12-15)24(33)30-18-3-2-4-18/h5-12,18,22,32H,2-4H2,1H3,(H2,28,29)(H,30,33)(H,31,34)/t22-/m1/s1. The molecule has 3 aromatic rings. The van der Waals surface area contributed by atoms with Crippen LogP contribution in [-0.4, -0.2) is 27.9 Å². The zero-order valence-corrected chi connectivity index (χ0v) is 18.4. The maximum atomic E-state index is 13.4. The van der Waals surface area contributed by atoms with E-state index in [0.29, 0.717) is 22.9 Å². The molecule has 7 nitrogen and oxygen atoms in total. The van der Waals surface area contributed by atoms with Crippen molar-refractivity contribution in [3.8, 4) is 11.1 Å². The van der Waals surface area contributed by atoms with E-state index in [2.05, 4.69) is 15.6 Å². The summed E-state index contributed by atoms with van der Waals surface area (Å²) < 4.78 is 26.8. The lowest BCUT2D eigenvalue weighted by atomic mass is 9.93. The topological polar surface area (TPSA) is 117 Å². The number of hydrogen-bond donors (Lipinski definition) is 4. The Balaban J connectivity index is 1.51. The minimum atomic E-state index is -1.75. The third-order valence-electron chi connectivity index (χ3n) is 5.86. The molecule has 4 rings (SSSR count). The Morgan fingerprint density at radius 2 is 1.82 bits per heavy atom. The monoisotopic (exact) mass is 466 g/mol. The molecule has 0 radical (unpaired) electrons. The second kappa shape index (κ2) is 9.56. The van der Waals surface area contributed by atoms with E-state index in [9.17, 15) is 23.5 Å². The lowest BCUT2D eigenvalue weighted by molar-refractivity contribution is -0.124. The van der Waals surface area contributed by atoms with Crippen molar-refractivity contribution in [3.05, 3.63) is 77.0 Å². The summed E-state index contributed by atoms with van der Waals surface area (Å²) in [6.07, 6.45) is 2.82. The smallest absolute Gasteiger partial charge is 0.257 e. The van der Waals surface area contributed by atoms with Crippen LogP contribution in [0.4, 0.5) is 20.3 Å². The van der Waals surface area contributed by atoms with E-state index in [0.717, 1.165) is 42.5 Å². The molecule has 176 valence electrons. The average molecular weight is 466 g/mol. The third kappa shape index (κ3) is 5.04. The molecule has 5 N–H and O–H groups in total. The Kier molecular flexibility index (Phi) is 6.56. The van der Waals surface area contributed by atoms with Crippen molar-refractivity contribution in [2.45, 2.75) is 38.3 Å². The Labute approximate surface area is 195 Å². The summed E-state index contributed by atoms with van der Waals surface area (Å²) in [5.41, 5.74) is 8.63. The van der Waals surface area contributed by atoms with Crippen LogP contribution in [-0.2, 0) is 4.79 Å². The highest BCUT2D eigenvalue weighted by atomic mass is 19.1. The third-order valence-corrected chi connectivity index (χ3v) is 5.86. The van der Waals surface area contributed by atoms with Gasteiger partial charge in [0.2, 0.25) is 0 Å². The van der Waals surface area contributed by atoms with Gasteiger partial charge in [0.15, 0.2) is 6.10 Å². The maximum absolute atomic E-state index is 13.4. The lowest BCUT2D eigenvalue weighted by Gasteiger charge is -2.26. The van der Waals surface area contributed by atoms with Gasteiger partial charge in [-0.05, 0) is 73.2 Å². The molecule has 2 aromatic carbocycles. The first-order valence-electron chi connectivity index (χ1n) is 10.8. The van der Waals surface area contributed by atoms with Gasteiger partial charge in [-0.3, -0.25) is 9.59 Å². The van der Waals surface area contributed by atoms with E-state index in [1.54, 1.807) is 30.5 Å². The molecular formula is C25H24F2N4O3. The van der Waals surface area contributed by atoms with Gasteiger partial charge in [0.25, 0.3) is 11.8 Å². The number of nitrogen functional groups attached to an aromatic ring is 1. The molecule has 34 heavy (non-hydrogen) atoms. The summed E-state index contributed by atoms with van der Waals surface area (Å²) in [7, 11) is 0. The number of pyridine rings is 1. The fourth-order valence-electron chi connectivity index (χ4n) is 3.78. The van der Waals surface area contributed by atoms with E-state index in [4.69, 9.17) is 5.73 Å². The molecule has 1 aliphatic carbocycles. The number of aliphatic hydroxyl groups is 1. The number of nitrogens with two attached hydrogens (primary N) is 1. The minimum absolute atomic E-state index is 0.143. The summed E-state index contributed by atoms with van der Waals surface area (Å²) in [5, 5.41) is 15.7. The molecule has 0 saturated heterocycles. The van der Waals surface area contributed by atoms with Crippen LogP contribution in [0.15, 0.2) is 48.7 Å². The van der Waals surface area contributed by atoms with Crippen molar-refractivity contribution >= 4 is 23.3 Å². The predicted molar refractivity (Wildman–Crippen MR) is 124 cm³/mol. The molecule has 0 aliphatic heterocycles. The Morgan fingerprint density at radius 3 is 2.44 bits per heavy atom. The van der Waals surface area contributed by atoms with E-state index in [-0.39, 0.29) is 23.3 Å². The molecule has 1 aromatic heterocycles. The number of aryl methyl sites for hydroxylation is 1. The van der Waals surface area contributed by atoms with Crippen LogP contribution >= 0.6 is 0 Å². The zero-order valence-electron chi connectivity index (χ0n) is 18.4. The SMILES string of the molecule is Cc1cc(NC(=O)[C@H](O)c2cc(F)cc(F)c2)ccc1-c1cnc(N)c(C(=O)NC2CCC2)c1. The Morgan fingerprint density at radius 1 is 1.12 bits per heavy atom. The largest absolute Gasteiger partial charge is 0.383 e. The van der Waals surface area contributed by atoms with Crippen LogP contribution < -0.4 is 16.4 Å². The van der Waals surface area contributed by atoms with Crippen molar-refractivity contribution in [1.29, 1.82) is 0 Å². The molecule has 1 saturated carbocycles. The molecule has 0 unspecified atom stereocenters. The van der Waals surface area contributed by atoms with Gasteiger partial charge in [0.05, 0.1) is 5.56 Å². The van der Waals surface area contributed by atoms with E-state index in [1.807, 2.05) is 6.92 Å². The number of rotatable bonds is 6. The molecule has 1 aliphatic rings. The molecule has 1 fully saturated rings. The molecule has 9 heteroatoms. The van der Waals surface area contributed by atoms with Gasteiger partial charge < -0.3 is 21.5 Å². The van der Waals surface area contributed by atoms with E-state index < -0.39 is 23.6 Å². The molecule has 0 spiro atoms. The van der Waals surface area contributed by atoms with Crippen LogP contribution in [0.3, 0.4) is 0 Å². The van der Waals surface area contributed by atoms with E-state index >= 15 is 0 Å². The van der Waals surface area contributed by atoms with Crippen LogP contribution in [0.5, 0.6) is 0 Å². The first kappa shape index (κ1) is 23.3. The van der Waals surface area contributed by atoms with E-state index in [1.165, 1.54) is 0 Å². The van der Waals surface area contributed by atoms with Crippen LogP contribution in [0.1, 0.15) is 46.9 Å². The van der Waals surface area contributed by atoms with Gasteiger partial charge in [-0.2, -0.15) is 0 Å². The summed E-state index contributed by atoms with van der Waals surface area (Å²) >= 11 is 0. The van der Waals surface area contributed by atoms with Crippen LogP contribution in [0.25, 0.3) is 11.1 Å². The summed E-state index contributed by atoms with van der Waals surface area (Å²) in [6.45, 7) is 1.81. The number of aromatic nitrogens is 1. The molecular weight excluding hydrogens is 442 g/mol. The summed E-state index contributed by atoms with van der Waals surface area (Å²) in [5.74, 6) is -2.73. The first-order valence-corrected chi connectivity index (χ1v) is 10.8. The highest BCUT2D eigenvalue weighted by Gasteiger charge is 2.22. The number of halogens is 2. The quantitative estimate of drug-likeness (QED) is 0.440. The summed E-state index contributed by atoms with van der Waals surface area (Å²) in [4.78, 5) is 29.2. The van der Waals surface area contributed by atoms with Gasteiger partial charge in [0.1, 0.15) is 17.5 Å². The average Bonchev–Trinajstić information content (AvgIpc) is 2.75. The van der Waals surface area contributed by atoms with Gasteiger partial charge >= 0.3 is 0 Å². The highest BCUT2D eigenvalue weighted by molar-refractivity contribution is 6.00. The number of nitrogens with one attached hydrogen (secondary N) is 2. The first-order chi connectivity index (χ1) is 16.2. The number of carbonyl (C=O) groups is 2. The number of amides is 2. The minimum Gasteiger partial charge on any atom is -0.383 e. The number of nitrogens with zero attached hydrogens (tertiary/aromatic N) is 1. The number of benzene rings is 2. The second-order valence-corrected chi connectivity index (χ2v) is 8.38. The summed E-state index contributed by atoms with van der Waals surface area (Å²) in [6, 6.07) is 9.33. The fraction of sp³-hybridized carbons (Fsp3) is 0.240. The molecule has 2 amide bonds. The Hall–Kier alpha value is -3.85. The molecule has 1 heterocycles. The van der Waals surface area contributed by atoms with Gasteiger partial charge in [-0.25, -0.2) is 13.8 Å².